The van der Waals surface area contributed by atoms with Gasteiger partial charge < -0.3 is 19.7 Å². The first-order chi connectivity index (χ1) is 10.2. The van der Waals surface area contributed by atoms with Crippen LogP contribution < -0.4 is 10.1 Å². The molecule has 1 aromatic rings. The van der Waals surface area contributed by atoms with E-state index < -0.39 is 0 Å². The normalized spacial score (nSPS) is 12.6. The first-order valence-electron chi connectivity index (χ1n) is 7.85. The summed E-state index contributed by atoms with van der Waals surface area (Å²) in [7, 11) is 3.86. The number of likely N-dealkylation sites (N-methyl/N-ethyl adjacent to an activating group) is 1. The molecule has 0 bridgehead atoms. The smallest absolute Gasteiger partial charge is 0.123 e. The number of nitrogens with zero attached hydrogens (tertiary/aromatic N) is 1. The van der Waals surface area contributed by atoms with Gasteiger partial charge in [-0.2, -0.15) is 0 Å². The van der Waals surface area contributed by atoms with Crippen LogP contribution in [-0.2, 0) is 4.74 Å². The fourth-order valence-electron chi connectivity index (χ4n) is 2.31. The van der Waals surface area contributed by atoms with Crippen LogP contribution in [0.1, 0.15) is 31.9 Å². The van der Waals surface area contributed by atoms with Crippen molar-refractivity contribution >= 4 is 0 Å². The van der Waals surface area contributed by atoms with Crippen molar-refractivity contribution in [1.82, 2.24) is 10.2 Å². The summed E-state index contributed by atoms with van der Waals surface area (Å²) in [6.07, 6.45) is 1.12. The number of benzene rings is 1. The van der Waals surface area contributed by atoms with Crippen molar-refractivity contribution in [3.63, 3.8) is 0 Å². The molecule has 0 aliphatic carbocycles. The van der Waals surface area contributed by atoms with Crippen LogP contribution in [0.5, 0.6) is 5.75 Å². The lowest BCUT2D eigenvalue weighted by Crippen LogP contribution is -2.35. The molecule has 21 heavy (non-hydrogen) atoms. The molecule has 0 saturated heterocycles. The molecule has 1 aromatic carbocycles. The van der Waals surface area contributed by atoms with Crippen molar-refractivity contribution < 1.29 is 9.47 Å². The Morgan fingerprint density at radius 1 is 1.24 bits per heavy atom. The number of hydrogen-bond donors (Lipinski definition) is 1. The lowest BCUT2D eigenvalue weighted by Gasteiger charge is -2.26. The Morgan fingerprint density at radius 3 is 2.67 bits per heavy atom. The predicted octanol–water partition coefficient (Wildman–Crippen LogP) is 2.70. The van der Waals surface area contributed by atoms with Gasteiger partial charge in [-0.1, -0.05) is 25.1 Å². The molecular formula is C17H30N2O2. The second kappa shape index (κ2) is 10.6. The largest absolute Gasteiger partial charge is 0.496 e. The van der Waals surface area contributed by atoms with Crippen LogP contribution in [0.25, 0.3) is 0 Å². The number of nitrogens with one attached hydrogen (secondary N) is 1. The van der Waals surface area contributed by atoms with E-state index in [1.165, 1.54) is 5.56 Å². The van der Waals surface area contributed by atoms with E-state index in [-0.39, 0.29) is 6.04 Å². The third-order valence-electron chi connectivity index (χ3n) is 3.47. The highest BCUT2D eigenvalue weighted by molar-refractivity contribution is 5.36. The summed E-state index contributed by atoms with van der Waals surface area (Å²) in [5.41, 5.74) is 1.22. The molecule has 1 atom stereocenters. The minimum Gasteiger partial charge on any atom is -0.496 e. The Balaban J connectivity index is 2.70. The van der Waals surface area contributed by atoms with Crippen LogP contribution in [-0.4, -0.2) is 51.9 Å². The maximum absolute atomic E-state index is 5.50. The van der Waals surface area contributed by atoms with E-state index in [9.17, 15) is 0 Å². The zero-order valence-electron chi connectivity index (χ0n) is 13.9. The highest BCUT2D eigenvalue weighted by Crippen LogP contribution is 2.25. The van der Waals surface area contributed by atoms with E-state index in [4.69, 9.17) is 9.47 Å². The number of ether oxygens (including phenoxy) is 2. The second-order valence-electron chi connectivity index (χ2n) is 5.21. The molecule has 0 saturated carbocycles. The average molecular weight is 294 g/mol. The zero-order valence-corrected chi connectivity index (χ0v) is 13.9. The van der Waals surface area contributed by atoms with E-state index in [2.05, 4.69) is 36.3 Å². The van der Waals surface area contributed by atoms with E-state index in [0.717, 1.165) is 45.0 Å². The van der Waals surface area contributed by atoms with Gasteiger partial charge in [0.05, 0.1) is 13.7 Å². The molecule has 1 unspecified atom stereocenters. The van der Waals surface area contributed by atoms with Crippen LogP contribution in [0.3, 0.4) is 0 Å². The van der Waals surface area contributed by atoms with E-state index in [1.54, 1.807) is 7.11 Å². The van der Waals surface area contributed by atoms with Gasteiger partial charge in [0.2, 0.25) is 0 Å². The molecule has 0 aliphatic heterocycles. The van der Waals surface area contributed by atoms with Gasteiger partial charge in [-0.25, -0.2) is 0 Å². The summed E-state index contributed by atoms with van der Waals surface area (Å²) in [5, 5.41) is 3.62. The minimum atomic E-state index is 0.271. The third kappa shape index (κ3) is 6.46. The van der Waals surface area contributed by atoms with E-state index in [0.29, 0.717) is 0 Å². The summed E-state index contributed by atoms with van der Waals surface area (Å²) in [6, 6.07) is 8.52. The first kappa shape index (κ1) is 18.0. The Kier molecular flexibility index (Phi) is 9.06. The highest BCUT2D eigenvalue weighted by Gasteiger charge is 2.17. The summed E-state index contributed by atoms with van der Waals surface area (Å²) in [4.78, 5) is 2.30. The van der Waals surface area contributed by atoms with Crippen molar-refractivity contribution in [1.29, 1.82) is 0 Å². The lowest BCUT2D eigenvalue weighted by atomic mass is 10.0. The quantitative estimate of drug-likeness (QED) is 0.636. The number of hydrogen-bond acceptors (Lipinski definition) is 4. The predicted molar refractivity (Wildman–Crippen MR) is 88.0 cm³/mol. The van der Waals surface area contributed by atoms with Gasteiger partial charge >= 0.3 is 0 Å². The van der Waals surface area contributed by atoms with Gasteiger partial charge in [0.25, 0.3) is 0 Å². The molecule has 0 fully saturated rings. The van der Waals surface area contributed by atoms with Crippen molar-refractivity contribution in [2.24, 2.45) is 0 Å². The second-order valence-corrected chi connectivity index (χ2v) is 5.21. The Hall–Kier alpha value is -1.10. The molecule has 0 radical (unpaired) electrons. The van der Waals surface area contributed by atoms with Gasteiger partial charge in [-0.15, -0.1) is 0 Å². The molecule has 4 nitrogen and oxygen atoms in total. The number of rotatable bonds is 11. The monoisotopic (exact) mass is 294 g/mol. The molecule has 0 spiro atoms. The van der Waals surface area contributed by atoms with Crippen molar-refractivity contribution in [2.75, 3.05) is 47.0 Å². The van der Waals surface area contributed by atoms with Crippen molar-refractivity contribution in [3.8, 4) is 5.75 Å². The van der Waals surface area contributed by atoms with Crippen molar-refractivity contribution in [2.45, 2.75) is 26.3 Å². The summed E-state index contributed by atoms with van der Waals surface area (Å²) < 4.78 is 10.9. The van der Waals surface area contributed by atoms with Crippen LogP contribution in [0.4, 0.5) is 0 Å². The summed E-state index contributed by atoms with van der Waals surface area (Å²) >= 11 is 0. The van der Waals surface area contributed by atoms with E-state index >= 15 is 0 Å². The summed E-state index contributed by atoms with van der Waals surface area (Å²) in [5.74, 6) is 0.948. The SMILES string of the molecule is CCCNC(CN(C)CCOCC)c1ccccc1OC. The highest BCUT2D eigenvalue weighted by atomic mass is 16.5. The molecule has 0 amide bonds. The standard InChI is InChI=1S/C17H30N2O2/c1-5-11-18-16(14-19(3)12-13-21-6-2)15-9-7-8-10-17(15)20-4/h7-10,16,18H,5-6,11-14H2,1-4H3. The Bertz CT molecular complexity index is 385. The lowest BCUT2D eigenvalue weighted by molar-refractivity contribution is 0.118. The van der Waals surface area contributed by atoms with Gasteiger partial charge in [0, 0.05) is 31.3 Å². The number of para-hydroxylation sites is 1. The first-order valence-corrected chi connectivity index (χ1v) is 7.85. The maximum Gasteiger partial charge on any atom is 0.123 e. The van der Waals surface area contributed by atoms with Crippen LogP contribution in [0.2, 0.25) is 0 Å². The topological polar surface area (TPSA) is 33.7 Å². The molecule has 1 N–H and O–H groups in total. The van der Waals surface area contributed by atoms with Gasteiger partial charge in [0.15, 0.2) is 0 Å². The fraction of sp³-hybridized carbons (Fsp3) is 0.647. The molecule has 120 valence electrons. The molecule has 4 heteroatoms. The molecule has 0 aliphatic rings. The Morgan fingerprint density at radius 2 is 2.00 bits per heavy atom. The van der Waals surface area contributed by atoms with Crippen LogP contribution in [0, 0.1) is 0 Å². The third-order valence-corrected chi connectivity index (χ3v) is 3.47. The Labute approximate surface area is 129 Å². The molecule has 0 heterocycles. The van der Waals surface area contributed by atoms with Crippen molar-refractivity contribution in [3.05, 3.63) is 29.8 Å². The van der Waals surface area contributed by atoms with Gasteiger partial charge in [-0.05, 0) is 33.0 Å². The molecular weight excluding hydrogens is 264 g/mol. The average Bonchev–Trinajstić information content (AvgIpc) is 2.51. The summed E-state index contributed by atoms with van der Waals surface area (Å²) in [6.45, 7) is 8.64. The molecule has 1 rings (SSSR count). The number of methoxy groups -OCH3 is 1. The fourth-order valence-corrected chi connectivity index (χ4v) is 2.31. The van der Waals surface area contributed by atoms with Crippen LogP contribution in [0.15, 0.2) is 24.3 Å². The minimum absolute atomic E-state index is 0.271. The molecule has 0 aromatic heterocycles. The van der Waals surface area contributed by atoms with E-state index in [1.807, 2.05) is 19.1 Å². The van der Waals surface area contributed by atoms with Crippen LogP contribution >= 0.6 is 0 Å². The van der Waals surface area contributed by atoms with Gasteiger partial charge in [0.1, 0.15) is 5.75 Å². The van der Waals surface area contributed by atoms with Gasteiger partial charge in [-0.3, -0.25) is 0 Å². The maximum atomic E-state index is 5.50. The zero-order chi connectivity index (χ0) is 15.5.